The summed E-state index contributed by atoms with van der Waals surface area (Å²) in [6, 6.07) is 19.2. The molecule has 51 heavy (non-hydrogen) atoms. The molecule has 0 aromatic heterocycles. The Hall–Kier alpha value is -4.66. The van der Waals surface area contributed by atoms with Gasteiger partial charge in [-0.3, -0.25) is 10.1 Å². The molecule has 0 spiro atoms. The number of nitro benzene ring substituents is 1. The van der Waals surface area contributed by atoms with E-state index >= 15 is 0 Å². The van der Waals surface area contributed by atoms with Crippen molar-refractivity contribution in [1.82, 2.24) is 0 Å². The molecule has 3 aromatic rings. The first-order valence-corrected chi connectivity index (χ1v) is 18.5. The van der Waals surface area contributed by atoms with Gasteiger partial charge in [-0.05, 0) is 87.1 Å². The number of benzene rings is 3. The van der Waals surface area contributed by atoms with Crippen LogP contribution in [0.5, 0.6) is 17.2 Å². The maximum absolute atomic E-state index is 12.9. The van der Waals surface area contributed by atoms with Crippen LogP contribution in [0.4, 0.5) is 5.69 Å². The summed E-state index contributed by atoms with van der Waals surface area (Å²) in [5, 5.41) is 11.7. The van der Waals surface area contributed by atoms with Gasteiger partial charge >= 0.3 is 17.6 Å². The molecule has 0 fully saturated rings. The van der Waals surface area contributed by atoms with Crippen LogP contribution in [0, 0.1) is 10.1 Å². The second-order valence-corrected chi connectivity index (χ2v) is 13.1. The Morgan fingerprint density at radius 3 is 1.88 bits per heavy atom. The molecule has 0 amide bonds. The highest BCUT2D eigenvalue weighted by Crippen LogP contribution is 2.33. The Morgan fingerprint density at radius 1 is 0.745 bits per heavy atom. The van der Waals surface area contributed by atoms with Gasteiger partial charge in [0, 0.05) is 5.57 Å². The number of nitrogens with zero attached hydrogens (tertiary/aromatic N) is 1. The highest BCUT2D eigenvalue weighted by atomic mass is 16.6. The van der Waals surface area contributed by atoms with Crippen LogP contribution in [0.2, 0.25) is 0 Å². The minimum atomic E-state index is -0.603. The first kappa shape index (κ1) is 40.8. The fraction of sp³-hybridized carbons (Fsp3) is 0.476. The predicted octanol–water partition coefficient (Wildman–Crippen LogP) is 11.2. The number of carbonyl (C=O) groups is 2. The number of carbonyl (C=O) groups excluding carboxylic acids is 2. The summed E-state index contributed by atoms with van der Waals surface area (Å²) in [5.74, 6) is 0.158. The maximum Gasteiger partial charge on any atom is 0.343 e. The molecule has 0 aliphatic heterocycles. The van der Waals surface area contributed by atoms with Crippen LogP contribution in [-0.2, 0) is 9.53 Å². The minimum absolute atomic E-state index is 0.0818. The van der Waals surface area contributed by atoms with Gasteiger partial charge in [0.2, 0.25) is 0 Å². The SMILES string of the molecule is C=C(C)C(=O)OCCCCCCCCCCCOc1ccc(-c2ccc(C(=O)Oc3ccc(O[C@H](C)CCCCCC)c([N+](=O)[O-])c3)cc2)cc1. The van der Waals surface area contributed by atoms with Crippen molar-refractivity contribution >= 4 is 17.6 Å². The van der Waals surface area contributed by atoms with Gasteiger partial charge < -0.3 is 18.9 Å². The number of unbranched alkanes of at least 4 members (excludes halogenated alkanes) is 11. The van der Waals surface area contributed by atoms with Gasteiger partial charge in [0.25, 0.3) is 0 Å². The fourth-order valence-electron chi connectivity index (χ4n) is 5.57. The zero-order chi connectivity index (χ0) is 36.8. The third kappa shape index (κ3) is 15.4. The van der Waals surface area contributed by atoms with Crippen LogP contribution in [-0.4, -0.2) is 36.2 Å². The monoisotopic (exact) mass is 701 g/mol. The molecule has 1 atom stereocenters. The number of hydrogen-bond donors (Lipinski definition) is 0. The average molecular weight is 702 g/mol. The lowest BCUT2D eigenvalue weighted by Crippen LogP contribution is -2.13. The number of nitro groups is 1. The molecule has 0 heterocycles. The highest BCUT2D eigenvalue weighted by molar-refractivity contribution is 5.91. The lowest BCUT2D eigenvalue weighted by molar-refractivity contribution is -0.386. The Labute approximate surface area is 303 Å². The summed E-state index contributed by atoms with van der Waals surface area (Å²) >= 11 is 0. The molecule has 0 radical (unpaired) electrons. The van der Waals surface area contributed by atoms with E-state index in [1.165, 1.54) is 50.3 Å². The third-order valence-electron chi connectivity index (χ3n) is 8.58. The summed E-state index contributed by atoms with van der Waals surface area (Å²) in [6.07, 6.45) is 15.2. The molecule has 0 aliphatic carbocycles. The Morgan fingerprint density at radius 2 is 1.29 bits per heavy atom. The van der Waals surface area contributed by atoms with Crippen LogP contribution in [0.1, 0.15) is 121 Å². The lowest BCUT2D eigenvalue weighted by atomic mass is 10.0. The second kappa shape index (κ2) is 22.9. The van der Waals surface area contributed by atoms with Crippen molar-refractivity contribution in [3.8, 4) is 28.4 Å². The van der Waals surface area contributed by atoms with Gasteiger partial charge in [-0.15, -0.1) is 0 Å². The van der Waals surface area contributed by atoms with Gasteiger partial charge in [-0.1, -0.05) is 102 Å². The molecule has 3 aromatic carbocycles. The van der Waals surface area contributed by atoms with E-state index in [0.717, 1.165) is 74.7 Å². The van der Waals surface area contributed by atoms with Crippen molar-refractivity contribution in [1.29, 1.82) is 0 Å². The van der Waals surface area contributed by atoms with Gasteiger partial charge in [0.15, 0.2) is 5.75 Å². The van der Waals surface area contributed by atoms with Crippen molar-refractivity contribution < 1.29 is 33.5 Å². The first-order chi connectivity index (χ1) is 24.7. The van der Waals surface area contributed by atoms with Crippen molar-refractivity contribution in [2.75, 3.05) is 13.2 Å². The number of hydrogen-bond acceptors (Lipinski definition) is 8. The number of ether oxygens (including phenoxy) is 4. The van der Waals surface area contributed by atoms with Gasteiger partial charge in [-0.25, -0.2) is 9.59 Å². The van der Waals surface area contributed by atoms with E-state index in [9.17, 15) is 19.7 Å². The zero-order valence-electron chi connectivity index (χ0n) is 30.7. The van der Waals surface area contributed by atoms with E-state index in [-0.39, 0.29) is 29.3 Å². The zero-order valence-corrected chi connectivity index (χ0v) is 30.7. The Balaban J connectivity index is 1.35. The van der Waals surface area contributed by atoms with Gasteiger partial charge in [0.1, 0.15) is 11.5 Å². The predicted molar refractivity (Wildman–Crippen MR) is 202 cm³/mol. The van der Waals surface area contributed by atoms with Gasteiger partial charge in [-0.2, -0.15) is 0 Å². The smallest absolute Gasteiger partial charge is 0.343 e. The standard InChI is InChI=1S/C42H55NO8/c1-5-6-7-15-18-33(4)50-40-28-27-38(31-39(40)43(46)47)51-42(45)36-21-19-34(20-22-36)35-23-25-37(26-24-35)48-29-16-13-11-9-8-10-12-14-17-30-49-41(44)32(2)3/h19-28,31,33H,2,5-18,29-30H2,1,3-4H3/t33-/m1/s1. The van der Waals surface area contributed by atoms with Gasteiger partial charge in [0.05, 0.1) is 35.9 Å². The van der Waals surface area contributed by atoms with E-state index in [4.69, 9.17) is 18.9 Å². The summed E-state index contributed by atoms with van der Waals surface area (Å²) < 4.78 is 22.4. The van der Waals surface area contributed by atoms with Crippen LogP contribution in [0.3, 0.4) is 0 Å². The van der Waals surface area contributed by atoms with E-state index in [0.29, 0.717) is 24.4 Å². The molecule has 9 nitrogen and oxygen atoms in total. The lowest BCUT2D eigenvalue weighted by Gasteiger charge is -2.15. The summed E-state index contributed by atoms with van der Waals surface area (Å²) in [5.41, 5.74) is 2.47. The van der Waals surface area contributed by atoms with Crippen molar-refractivity contribution in [2.24, 2.45) is 0 Å². The molecule has 3 rings (SSSR count). The first-order valence-electron chi connectivity index (χ1n) is 18.5. The molecule has 0 saturated carbocycles. The highest BCUT2D eigenvalue weighted by Gasteiger charge is 2.20. The maximum atomic E-state index is 12.9. The largest absolute Gasteiger partial charge is 0.494 e. The van der Waals surface area contributed by atoms with Crippen molar-refractivity contribution in [2.45, 2.75) is 117 Å². The average Bonchev–Trinajstić information content (AvgIpc) is 3.12. The van der Waals surface area contributed by atoms with E-state index < -0.39 is 10.9 Å². The molecular weight excluding hydrogens is 646 g/mol. The molecule has 0 unspecified atom stereocenters. The molecule has 0 bridgehead atoms. The van der Waals surface area contributed by atoms with E-state index in [2.05, 4.69) is 13.5 Å². The topological polar surface area (TPSA) is 114 Å². The molecular formula is C42H55NO8. The fourth-order valence-corrected chi connectivity index (χ4v) is 5.57. The summed E-state index contributed by atoms with van der Waals surface area (Å²) in [6.45, 7) is 10.5. The molecule has 276 valence electrons. The summed E-state index contributed by atoms with van der Waals surface area (Å²) in [7, 11) is 0. The molecule has 0 saturated heterocycles. The molecule has 0 aliphatic rings. The number of rotatable bonds is 25. The molecule has 0 N–H and O–H groups in total. The molecule has 9 heteroatoms. The van der Waals surface area contributed by atoms with Crippen molar-refractivity contribution in [3.05, 3.63) is 94.6 Å². The van der Waals surface area contributed by atoms with Crippen LogP contribution in [0.25, 0.3) is 11.1 Å². The third-order valence-corrected chi connectivity index (χ3v) is 8.58. The van der Waals surface area contributed by atoms with E-state index in [1.54, 1.807) is 19.1 Å². The number of esters is 2. The van der Waals surface area contributed by atoms with Crippen LogP contribution >= 0.6 is 0 Å². The van der Waals surface area contributed by atoms with Crippen molar-refractivity contribution in [3.63, 3.8) is 0 Å². The van der Waals surface area contributed by atoms with Crippen LogP contribution in [0.15, 0.2) is 78.9 Å². The second-order valence-electron chi connectivity index (χ2n) is 13.1. The van der Waals surface area contributed by atoms with E-state index in [1.807, 2.05) is 43.3 Å². The van der Waals surface area contributed by atoms with Crippen LogP contribution < -0.4 is 14.2 Å². The minimum Gasteiger partial charge on any atom is -0.494 e. The quantitative estimate of drug-likeness (QED) is 0.0214. The Bertz CT molecular complexity index is 1520. The summed E-state index contributed by atoms with van der Waals surface area (Å²) in [4.78, 5) is 35.4. The Kier molecular flexibility index (Phi) is 18.3. The normalized spacial score (nSPS) is 11.4.